The summed E-state index contributed by atoms with van der Waals surface area (Å²) in [6.45, 7) is 5.89. The van der Waals surface area contributed by atoms with Gasteiger partial charge < -0.3 is 10.2 Å². The molecule has 0 aromatic heterocycles. The summed E-state index contributed by atoms with van der Waals surface area (Å²) < 4.78 is 0. The lowest BCUT2D eigenvalue weighted by molar-refractivity contribution is 0.209. The topological polar surface area (TPSA) is 15.3 Å². The molecule has 0 spiro atoms. The van der Waals surface area contributed by atoms with Crippen molar-refractivity contribution in [2.45, 2.75) is 51.6 Å². The molecule has 0 radical (unpaired) electrons. The van der Waals surface area contributed by atoms with E-state index < -0.39 is 0 Å². The van der Waals surface area contributed by atoms with E-state index in [2.05, 4.69) is 38.2 Å². The third kappa shape index (κ3) is 3.25. The highest BCUT2D eigenvalue weighted by Gasteiger charge is 2.26. The van der Waals surface area contributed by atoms with Gasteiger partial charge in [0.05, 0.1) is 0 Å². The van der Waals surface area contributed by atoms with Crippen molar-refractivity contribution in [2.24, 2.45) is 5.92 Å². The number of nitrogens with zero attached hydrogens (tertiary/aromatic N) is 1. The first-order chi connectivity index (χ1) is 6.67. The van der Waals surface area contributed by atoms with Gasteiger partial charge in [-0.05, 0) is 39.3 Å². The summed E-state index contributed by atoms with van der Waals surface area (Å²) in [6, 6.07) is 1.58. The maximum absolute atomic E-state index is 3.39. The van der Waals surface area contributed by atoms with Crippen LogP contribution in [0.25, 0.3) is 0 Å². The van der Waals surface area contributed by atoms with E-state index in [0.717, 1.165) is 18.0 Å². The second-order valence-electron chi connectivity index (χ2n) is 4.91. The van der Waals surface area contributed by atoms with Gasteiger partial charge in [-0.15, -0.1) is 0 Å². The highest BCUT2D eigenvalue weighted by atomic mass is 15.1. The number of rotatable bonds is 5. The molecule has 3 unspecified atom stereocenters. The normalized spacial score (nSPS) is 29.8. The van der Waals surface area contributed by atoms with Crippen molar-refractivity contribution < 1.29 is 0 Å². The summed E-state index contributed by atoms with van der Waals surface area (Å²) in [5.74, 6) is 0.841. The number of hydrogen-bond donors (Lipinski definition) is 1. The highest BCUT2D eigenvalue weighted by molar-refractivity contribution is 4.85. The molecule has 1 aliphatic rings. The largest absolute Gasteiger partial charge is 0.317 e. The van der Waals surface area contributed by atoms with E-state index in [0.29, 0.717) is 0 Å². The molecule has 0 aromatic carbocycles. The molecule has 2 heteroatoms. The maximum Gasteiger partial charge on any atom is 0.0108 e. The molecule has 0 heterocycles. The molecule has 0 bridgehead atoms. The summed E-state index contributed by atoms with van der Waals surface area (Å²) in [5, 5.41) is 3.39. The Kier molecular flexibility index (Phi) is 4.90. The van der Waals surface area contributed by atoms with Gasteiger partial charge in [0.15, 0.2) is 0 Å². The van der Waals surface area contributed by atoms with Crippen LogP contribution in [0.15, 0.2) is 0 Å². The molecule has 1 N–H and O–H groups in total. The Balaban J connectivity index is 2.28. The van der Waals surface area contributed by atoms with Gasteiger partial charge in [-0.1, -0.05) is 20.3 Å². The van der Waals surface area contributed by atoms with E-state index in [1.807, 2.05) is 0 Å². The van der Waals surface area contributed by atoms with Gasteiger partial charge in [-0.25, -0.2) is 0 Å². The van der Waals surface area contributed by atoms with Crippen molar-refractivity contribution in [3.05, 3.63) is 0 Å². The first-order valence-corrected chi connectivity index (χ1v) is 6.04. The van der Waals surface area contributed by atoms with Gasteiger partial charge in [0.2, 0.25) is 0 Å². The van der Waals surface area contributed by atoms with Gasteiger partial charge in [-0.2, -0.15) is 0 Å². The van der Waals surface area contributed by atoms with Gasteiger partial charge in [0.25, 0.3) is 0 Å². The van der Waals surface area contributed by atoms with Crippen LogP contribution in [0.2, 0.25) is 0 Å². The SMILES string of the molecule is CCC(C)CN(C)C1CCC(NC)C1. The molecule has 1 aliphatic carbocycles. The van der Waals surface area contributed by atoms with Gasteiger partial charge >= 0.3 is 0 Å². The molecular formula is C12H26N2. The van der Waals surface area contributed by atoms with Crippen molar-refractivity contribution in [3.8, 4) is 0 Å². The van der Waals surface area contributed by atoms with Crippen LogP contribution in [0, 0.1) is 5.92 Å². The summed E-state index contributed by atoms with van der Waals surface area (Å²) >= 11 is 0. The summed E-state index contributed by atoms with van der Waals surface area (Å²) in [7, 11) is 4.37. The molecule has 0 aliphatic heterocycles. The van der Waals surface area contributed by atoms with Crippen LogP contribution in [0.5, 0.6) is 0 Å². The predicted octanol–water partition coefficient (Wildman–Crippen LogP) is 2.10. The van der Waals surface area contributed by atoms with Crippen molar-refractivity contribution in [3.63, 3.8) is 0 Å². The molecule has 1 rings (SSSR count). The van der Waals surface area contributed by atoms with Crippen LogP contribution in [0.3, 0.4) is 0 Å². The molecule has 3 atom stereocenters. The second-order valence-corrected chi connectivity index (χ2v) is 4.91. The fourth-order valence-corrected chi connectivity index (χ4v) is 2.39. The monoisotopic (exact) mass is 198 g/mol. The average Bonchev–Trinajstić information content (AvgIpc) is 2.65. The molecule has 14 heavy (non-hydrogen) atoms. The van der Waals surface area contributed by atoms with Crippen LogP contribution in [0.1, 0.15) is 39.5 Å². The van der Waals surface area contributed by atoms with Crippen molar-refractivity contribution in [1.29, 1.82) is 0 Å². The summed E-state index contributed by atoms with van der Waals surface area (Å²) in [6.07, 6.45) is 5.36. The minimum atomic E-state index is 0.763. The van der Waals surface area contributed by atoms with Crippen molar-refractivity contribution >= 4 is 0 Å². The van der Waals surface area contributed by atoms with E-state index in [4.69, 9.17) is 0 Å². The van der Waals surface area contributed by atoms with E-state index >= 15 is 0 Å². The highest BCUT2D eigenvalue weighted by Crippen LogP contribution is 2.23. The van der Waals surface area contributed by atoms with E-state index in [1.165, 1.54) is 32.2 Å². The minimum Gasteiger partial charge on any atom is -0.317 e. The van der Waals surface area contributed by atoms with E-state index in [-0.39, 0.29) is 0 Å². The van der Waals surface area contributed by atoms with Crippen LogP contribution in [0.4, 0.5) is 0 Å². The third-order valence-electron chi connectivity index (χ3n) is 3.73. The van der Waals surface area contributed by atoms with Crippen LogP contribution >= 0.6 is 0 Å². The molecule has 0 saturated heterocycles. The first kappa shape index (κ1) is 12.0. The Hall–Kier alpha value is -0.0800. The summed E-state index contributed by atoms with van der Waals surface area (Å²) in [4.78, 5) is 2.56. The fraction of sp³-hybridized carbons (Fsp3) is 1.00. The van der Waals surface area contributed by atoms with Gasteiger partial charge in [0.1, 0.15) is 0 Å². The van der Waals surface area contributed by atoms with Crippen molar-refractivity contribution in [1.82, 2.24) is 10.2 Å². The minimum absolute atomic E-state index is 0.763. The number of nitrogens with one attached hydrogen (secondary N) is 1. The molecule has 0 aromatic rings. The smallest absolute Gasteiger partial charge is 0.0108 e. The fourth-order valence-electron chi connectivity index (χ4n) is 2.39. The molecular weight excluding hydrogens is 172 g/mol. The first-order valence-electron chi connectivity index (χ1n) is 6.04. The number of hydrogen-bond acceptors (Lipinski definition) is 2. The summed E-state index contributed by atoms with van der Waals surface area (Å²) in [5.41, 5.74) is 0. The lowest BCUT2D eigenvalue weighted by Gasteiger charge is -2.27. The predicted molar refractivity (Wildman–Crippen MR) is 62.6 cm³/mol. The zero-order valence-corrected chi connectivity index (χ0v) is 10.2. The molecule has 0 amide bonds. The average molecular weight is 198 g/mol. The molecule has 1 fully saturated rings. The zero-order valence-electron chi connectivity index (χ0n) is 10.2. The van der Waals surface area contributed by atoms with E-state index in [9.17, 15) is 0 Å². The quantitative estimate of drug-likeness (QED) is 0.728. The van der Waals surface area contributed by atoms with Crippen LogP contribution < -0.4 is 5.32 Å². The van der Waals surface area contributed by atoms with Gasteiger partial charge in [-0.3, -0.25) is 0 Å². The van der Waals surface area contributed by atoms with Crippen LogP contribution in [-0.2, 0) is 0 Å². The molecule has 84 valence electrons. The Morgan fingerprint density at radius 1 is 1.43 bits per heavy atom. The van der Waals surface area contributed by atoms with Gasteiger partial charge in [0, 0.05) is 18.6 Å². The Morgan fingerprint density at radius 2 is 2.14 bits per heavy atom. The lowest BCUT2D eigenvalue weighted by atomic mass is 10.1. The van der Waals surface area contributed by atoms with E-state index in [1.54, 1.807) is 0 Å². The Morgan fingerprint density at radius 3 is 2.64 bits per heavy atom. The molecule has 1 saturated carbocycles. The molecule has 2 nitrogen and oxygen atoms in total. The second kappa shape index (κ2) is 5.72. The van der Waals surface area contributed by atoms with Crippen molar-refractivity contribution in [2.75, 3.05) is 20.6 Å². The Labute approximate surface area is 89.1 Å². The standard InChI is InChI=1S/C12H26N2/c1-5-10(2)9-14(4)12-7-6-11(8-12)13-3/h10-13H,5-9H2,1-4H3. The Bertz CT molecular complexity index is 158. The third-order valence-corrected chi connectivity index (χ3v) is 3.73. The maximum atomic E-state index is 3.39. The van der Waals surface area contributed by atoms with Crippen LogP contribution in [-0.4, -0.2) is 37.6 Å². The zero-order chi connectivity index (χ0) is 10.6. The lowest BCUT2D eigenvalue weighted by Crippen LogP contribution is -2.34.